The molecule has 0 unspecified atom stereocenters. The molecule has 4 aromatic rings. The van der Waals surface area contributed by atoms with Crippen molar-refractivity contribution in [2.45, 2.75) is 26.6 Å². The number of hydrazine groups is 1. The lowest BCUT2D eigenvalue weighted by Gasteiger charge is -2.20. The van der Waals surface area contributed by atoms with E-state index < -0.39 is 29.1 Å². The first-order valence-corrected chi connectivity index (χ1v) is 11.8. The van der Waals surface area contributed by atoms with E-state index in [1.807, 2.05) is 6.92 Å². The Morgan fingerprint density at radius 3 is 2.58 bits per heavy atom. The van der Waals surface area contributed by atoms with Crippen molar-refractivity contribution in [3.05, 3.63) is 87.7 Å². The van der Waals surface area contributed by atoms with Crippen LogP contribution in [-0.4, -0.2) is 28.4 Å². The summed E-state index contributed by atoms with van der Waals surface area (Å²) in [5.74, 6) is 4.74. The highest BCUT2D eigenvalue weighted by Crippen LogP contribution is 2.33. The van der Waals surface area contributed by atoms with Gasteiger partial charge in [0.15, 0.2) is 0 Å². The van der Waals surface area contributed by atoms with Crippen LogP contribution >= 0.6 is 11.6 Å². The van der Waals surface area contributed by atoms with Gasteiger partial charge in [0.1, 0.15) is 17.9 Å². The second-order valence-corrected chi connectivity index (χ2v) is 8.70. The predicted molar refractivity (Wildman–Crippen MR) is 138 cm³/mol. The van der Waals surface area contributed by atoms with Crippen molar-refractivity contribution in [1.29, 1.82) is 0 Å². The largest absolute Gasteiger partial charge is 0.417 e. The maximum atomic E-state index is 13.5. The number of rotatable bonds is 7. The van der Waals surface area contributed by atoms with Crippen LogP contribution in [-0.2, 0) is 17.5 Å². The molecule has 0 saturated carbocycles. The molecule has 0 fully saturated rings. The van der Waals surface area contributed by atoms with E-state index in [1.165, 1.54) is 24.3 Å². The quantitative estimate of drug-likeness (QED) is 0.153. The SMILES string of the molecule is CCOCc1nc2c(C(=O)Nc3cccc(Cl)c3C)cc(N(N)C(=O)c3ccccc3C(F)(F)F)cc2[nH]1. The van der Waals surface area contributed by atoms with Crippen LogP contribution in [0.4, 0.5) is 24.5 Å². The van der Waals surface area contributed by atoms with Crippen molar-refractivity contribution in [2.75, 3.05) is 16.9 Å². The number of carbonyl (C=O) groups is 2. The molecule has 0 aliphatic carbocycles. The van der Waals surface area contributed by atoms with Crippen molar-refractivity contribution < 1.29 is 27.5 Å². The van der Waals surface area contributed by atoms with Gasteiger partial charge in [0.2, 0.25) is 0 Å². The zero-order chi connectivity index (χ0) is 27.6. The number of nitrogens with zero attached hydrogens (tertiary/aromatic N) is 2. The van der Waals surface area contributed by atoms with Crippen molar-refractivity contribution >= 4 is 45.8 Å². The number of aromatic nitrogens is 2. The van der Waals surface area contributed by atoms with Crippen molar-refractivity contribution in [3.63, 3.8) is 0 Å². The monoisotopic (exact) mass is 545 g/mol. The summed E-state index contributed by atoms with van der Waals surface area (Å²) in [4.78, 5) is 33.9. The minimum Gasteiger partial charge on any atom is -0.374 e. The van der Waals surface area contributed by atoms with Crippen LogP contribution in [0.5, 0.6) is 0 Å². The maximum Gasteiger partial charge on any atom is 0.417 e. The Balaban J connectivity index is 1.79. The van der Waals surface area contributed by atoms with Gasteiger partial charge in [0.25, 0.3) is 11.8 Å². The van der Waals surface area contributed by atoms with Crippen LogP contribution in [0.15, 0.2) is 54.6 Å². The highest BCUT2D eigenvalue weighted by molar-refractivity contribution is 6.31. The number of nitrogens with two attached hydrogens (primary N) is 1. The van der Waals surface area contributed by atoms with Crippen LogP contribution in [0.2, 0.25) is 5.02 Å². The molecule has 8 nitrogen and oxygen atoms in total. The van der Waals surface area contributed by atoms with Gasteiger partial charge in [-0.25, -0.2) is 15.8 Å². The molecule has 4 N–H and O–H groups in total. The van der Waals surface area contributed by atoms with Crippen molar-refractivity contribution in [1.82, 2.24) is 9.97 Å². The number of benzene rings is 3. The number of fused-ring (bicyclic) bond motifs is 1. The van der Waals surface area contributed by atoms with Gasteiger partial charge in [0.05, 0.1) is 27.9 Å². The molecular weight excluding hydrogens is 523 g/mol. The number of anilines is 2. The molecule has 198 valence electrons. The first-order valence-electron chi connectivity index (χ1n) is 11.4. The lowest BCUT2D eigenvalue weighted by Crippen LogP contribution is -2.38. The molecule has 0 saturated heterocycles. The number of H-pyrrole nitrogens is 1. The van der Waals surface area contributed by atoms with Crippen LogP contribution in [0, 0.1) is 6.92 Å². The number of ether oxygens (including phenoxy) is 1. The molecule has 1 heterocycles. The molecule has 0 atom stereocenters. The first kappa shape index (κ1) is 27.1. The summed E-state index contributed by atoms with van der Waals surface area (Å²) in [5, 5.41) is 3.78. The fourth-order valence-electron chi connectivity index (χ4n) is 3.83. The van der Waals surface area contributed by atoms with E-state index in [4.69, 9.17) is 22.2 Å². The lowest BCUT2D eigenvalue weighted by molar-refractivity contribution is -0.137. The van der Waals surface area contributed by atoms with Gasteiger partial charge in [-0.1, -0.05) is 29.8 Å². The third kappa shape index (κ3) is 5.49. The van der Waals surface area contributed by atoms with Gasteiger partial charge in [-0.15, -0.1) is 0 Å². The molecular formula is C26H23ClF3N5O3. The van der Waals surface area contributed by atoms with Crippen LogP contribution in [0.3, 0.4) is 0 Å². The Hall–Kier alpha value is -3.93. The molecule has 4 rings (SSSR count). The van der Waals surface area contributed by atoms with Crippen molar-refractivity contribution in [2.24, 2.45) is 5.84 Å². The number of amides is 2. The molecule has 0 bridgehead atoms. The molecule has 0 aliphatic heterocycles. The van der Waals surface area contributed by atoms with Gasteiger partial charge in [-0.2, -0.15) is 13.2 Å². The molecule has 12 heteroatoms. The van der Waals surface area contributed by atoms with Gasteiger partial charge in [-0.3, -0.25) is 9.59 Å². The summed E-state index contributed by atoms with van der Waals surface area (Å²) < 4.78 is 46.0. The summed E-state index contributed by atoms with van der Waals surface area (Å²) in [7, 11) is 0. The Morgan fingerprint density at radius 1 is 1.13 bits per heavy atom. The summed E-state index contributed by atoms with van der Waals surface area (Å²) >= 11 is 6.17. The minimum absolute atomic E-state index is 0.0287. The average Bonchev–Trinajstić information content (AvgIpc) is 3.31. The maximum absolute atomic E-state index is 13.5. The van der Waals surface area contributed by atoms with Crippen LogP contribution < -0.4 is 16.2 Å². The Kier molecular flexibility index (Phi) is 7.72. The fraction of sp³-hybridized carbons (Fsp3) is 0.192. The number of carbonyl (C=O) groups excluding carboxylic acids is 2. The number of nitrogens with one attached hydrogen (secondary N) is 2. The van der Waals surface area contributed by atoms with E-state index in [9.17, 15) is 22.8 Å². The summed E-state index contributed by atoms with van der Waals surface area (Å²) in [6.07, 6.45) is -4.77. The molecule has 0 spiro atoms. The number of hydrogen-bond acceptors (Lipinski definition) is 5. The first-order chi connectivity index (χ1) is 18.0. The van der Waals surface area contributed by atoms with Gasteiger partial charge in [0, 0.05) is 17.3 Å². The molecule has 3 aromatic carbocycles. The van der Waals surface area contributed by atoms with E-state index >= 15 is 0 Å². The van der Waals surface area contributed by atoms with E-state index in [2.05, 4.69) is 15.3 Å². The number of hydrogen-bond donors (Lipinski definition) is 3. The zero-order valence-corrected chi connectivity index (χ0v) is 21.1. The Morgan fingerprint density at radius 2 is 1.87 bits per heavy atom. The standard InChI is InChI=1S/C26H23ClF3N5O3/c1-3-38-13-22-32-21-12-15(35(31)25(37)16-7-4-5-8-18(16)26(28,29)30)11-17(23(21)34-22)24(36)33-20-10-6-9-19(27)14(20)2/h4-12H,3,13,31H2,1-2H3,(H,32,34)(H,33,36). The molecule has 0 radical (unpaired) electrons. The number of alkyl halides is 3. The summed E-state index contributed by atoms with van der Waals surface area (Å²) in [6.45, 7) is 4.09. The number of aromatic amines is 1. The van der Waals surface area contributed by atoms with Gasteiger partial charge < -0.3 is 15.0 Å². The lowest BCUT2D eigenvalue weighted by atomic mass is 10.1. The van der Waals surface area contributed by atoms with Crippen LogP contribution in [0.25, 0.3) is 11.0 Å². The third-order valence-electron chi connectivity index (χ3n) is 5.78. The smallest absolute Gasteiger partial charge is 0.374 e. The topological polar surface area (TPSA) is 113 Å². The fourth-order valence-corrected chi connectivity index (χ4v) is 4.00. The average molecular weight is 546 g/mol. The Bertz CT molecular complexity index is 1520. The highest BCUT2D eigenvalue weighted by atomic mass is 35.5. The van der Waals surface area contributed by atoms with Gasteiger partial charge in [-0.05, 0) is 55.8 Å². The number of imidazole rings is 1. The summed E-state index contributed by atoms with van der Waals surface area (Å²) in [6, 6.07) is 12.0. The van der Waals surface area contributed by atoms with Gasteiger partial charge >= 0.3 is 6.18 Å². The van der Waals surface area contributed by atoms with E-state index in [0.717, 1.165) is 12.1 Å². The highest BCUT2D eigenvalue weighted by Gasteiger charge is 2.36. The molecule has 0 aliphatic rings. The second-order valence-electron chi connectivity index (χ2n) is 8.30. The third-order valence-corrected chi connectivity index (χ3v) is 6.19. The minimum atomic E-state index is -4.77. The normalized spacial score (nSPS) is 11.6. The predicted octanol–water partition coefficient (Wildman–Crippen LogP) is 5.85. The van der Waals surface area contributed by atoms with E-state index in [-0.39, 0.29) is 23.4 Å². The second kappa shape index (κ2) is 10.8. The van der Waals surface area contributed by atoms with Crippen LogP contribution in [0.1, 0.15) is 44.6 Å². The van der Waals surface area contributed by atoms with E-state index in [1.54, 1.807) is 25.1 Å². The Labute approximate surface area is 220 Å². The molecule has 38 heavy (non-hydrogen) atoms. The van der Waals surface area contributed by atoms with E-state index in [0.29, 0.717) is 39.2 Å². The van der Waals surface area contributed by atoms with Crippen molar-refractivity contribution in [3.8, 4) is 0 Å². The number of halogens is 4. The molecule has 1 aromatic heterocycles. The molecule has 2 amide bonds. The summed E-state index contributed by atoms with van der Waals surface area (Å²) in [5.41, 5.74) is -0.0856. The zero-order valence-electron chi connectivity index (χ0n) is 20.3.